The standard InChI is InChI=1S/C13H20N4O/c1-17(2)12(18)13(6-7-16-13)5-3-4-11-10-14-8-9-15-11/h8-10,16H,3-7H2,1-2H3/t13-/m1/s1. The molecule has 1 aliphatic rings. The van der Waals surface area contributed by atoms with Crippen molar-refractivity contribution < 1.29 is 4.79 Å². The third-order valence-electron chi connectivity index (χ3n) is 3.48. The van der Waals surface area contributed by atoms with Gasteiger partial charge in [0.05, 0.1) is 11.2 Å². The van der Waals surface area contributed by atoms with Gasteiger partial charge in [0.2, 0.25) is 5.91 Å². The summed E-state index contributed by atoms with van der Waals surface area (Å²) in [4.78, 5) is 22.1. The summed E-state index contributed by atoms with van der Waals surface area (Å²) < 4.78 is 0. The van der Waals surface area contributed by atoms with Gasteiger partial charge in [-0.3, -0.25) is 14.8 Å². The van der Waals surface area contributed by atoms with Gasteiger partial charge in [-0.05, 0) is 32.2 Å². The fraction of sp³-hybridized carbons (Fsp3) is 0.615. The zero-order chi connectivity index (χ0) is 13.0. The lowest BCUT2D eigenvalue weighted by Gasteiger charge is -2.43. The molecule has 1 aromatic rings. The summed E-state index contributed by atoms with van der Waals surface area (Å²) in [6.45, 7) is 0.935. The number of hydrogen-bond donors (Lipinski definition) is 1. The van der Waals surface area contributed by atoms with Gasteiger partial charge in [0.1, 0.15) is 0 Å². The van der Waals surface area contributed by atoms with Gasteiger partial charge in [-0.1, -0.05) is 0 Å². The highest BCUT2D eigenvalue weighted by Gasteiger charge is 2.43. The maximum atomic E-state index is 12.1. The van der Waals surface area contributed by atoms with Crippen molar-refractivity contribution in [3.63, 3.8) is 0 Å². The molecular formula is C13H20N4O. The fourth-order valence-corrected chi connectivity index (χ4v) is 2.39. The Morgan fingerprint density at radius 3 is 2.78 bits per heavy atom. The average Bonchev–Trinajstić information content (AvgIpc) is 2.33. The normalized spacial score (nSPS) is 22.3. The Morgan fingerprint density at radius 1 is 1.50 bits per heavy atom. The quantitative estimate of drug-likeness (QED) is 0.830. The van der Waals surface area contributed by atoms with Crippen LogP contribution in [0.15, 0.2) is 18.6 Å². The summed E-state index contributed by atoms with van der Waals surface area (Å²) in [6.07, 6.45) is 8.79. The average molecular weight is 248 g/mol. The second kappa shape index (κ2) is 5.44. The number of nitrogens with one attached hydrogen (secondary N) is 1. The van der Waals surface area contributed by atoms with E-state index in [1.807, 2.05) is 14.1 Å². The van der Waals surface area contributed by atoms with Crippen LogP contribution < -0.4 is 5.32 Å². The van der Waals surface area contributed by atoms with E-state index in [-0.39, 0.29) is 11.4 Å². The van der Waals surface area contributed by atoms with Gasteiger partial charge < -0.3 is 10.2 Å². The van der Waals surface area contributed by atoms with E-state index in [2.05, 4.69) is 15.3 Å². The first-order valence-electron chi connectivity index (χ1n) is 6.36. The topological polar surface area (TPSA) is 58.1 Å². The van der Waals surface area contributed by atoms with Crippen LogP contribution >= 0.6 is 0 Å². The van der Waals surface area contributed by atoms with E-state index in [1.54, 1.807) is 23.5 Å². The van der Waals surface area contributed by atoms with E-state index in [1.165, 1.54) is 0 Å². The van der Waals surface area contributed by atoms with Crippen molar-refractivity contribution in [2.24, 2.45) is 0 Å². The predicted octanol–water partition coefficient (Wildman–Crippen LogP) is 0.620. The van der Waals surface area contributed by atoms with Gasteiger partial charge >= 0.3 is 0 Å². The van der Waals surface area contributed by atoms with Crippen molar-refractivity contribution >= 4 is 5.91 Å². The molecule has 98 valence electrons. The molecule has 2 heterocycles. The largest absolute Gasteiger partial charge is 0.347 e. The number of carbonyl (C=O) groups excluding carboxylic acids is 1. The van der Waals surface area contributed by atoms with E-state index in [4.69, 9.17) is 0 Å². The van der Waals surface area contributed by atoms with E-state index < -0.39 is 0 Å². The lowest BCUT2D eigenvalue weighted by molar-refractivity contribution is -0.139. The summed E-state index contributed by atoms with van der Waals surface area (Å²) in [6, 6.07) is 0. The molecule has 2 rings (SSSR count). The van der Waals surface area contributed by atoms with Gasteiger partial charge in [0.25, 0.3) is 0 Å². The zero-order valence-corrected chi connectivity index (χ0v) is 11.0. The molecule has 0 saturated carbocycles. The lowest BCUT2D eigenvalue weighted by atomic mass is 9.81. The summed E-state index contributed by atoms with van der Waals surface area (Å²) >= 11 is 0. The zero-order valence-electron chi connectivity index (χ0n) is 11.0. The summed E-state index contributed by atoms with van der Waals surface area (Å²) in [5.74, 6) is 0.188. The van der Waals surface area contributed by atoms with Crippen LogP contribution in [-0.2, 0) is 11.2 Å². The molecule has 0 bridgehead atoms. The van der Waals surface area contributed by atoms with Crippen LogP contribution in [0, 0.1) is 0 Å². The van der Waals surface area contributed by atoms with Crippen LogP contribution in [0.2, 0.25) is 0 Å². The minimum Gasteiger partial charge on any atom is -0.347 e. The Kier molecular flexibility index (Phi) is 3.91. The summed E-state index contributed by atoms with van der Waals surface area (Å²) in [5, 5.41) is 3.30. The maximum Gasteiger partial charge on any atom is 0.242 e. The molecule has 5 heteroatoms. The maximum absolute atomic E-state index is 12.1. The molecule has 1 N–H and O–H groups in total. The molecule has 0 spiro atoms. The number of nitrogens with zero attached hydrogens (tertiary/aromatic N) is 3. The minimum atomic E-state index is -0.328. The fourth-order valence-electron chi connectivity index (χ4n) is 2.39. The second-order valence-corrected chi connectivity index (χ2v) is 5.01. The van der Waals surface area contributed by atoms with Crippen molar-refractivity contribution in [3.05, 3.63) is 24.3 Å². The molecule has 0 aromatic carbocycles. The SMILES string of the molecule is CN(C)C(=O)[C@@]1(CCCc2cnccn2)CCN1. The molecule has 1 amide bonds. The number of amides is 1. The molecule has 1 atom stereocenters. The smallest absolute Gasteiger partial charge is 0.242 e. The Morgan fingerprint density at radius 2 is 2.28 bits per heavy atom. The van der Waals surface area contributed by atoms with E-state index in [0.717, 1.165) is 37.9 Å². The second-order valence-electron chi connectivity index (χ2n) is 5.01. The Balaban J connectivity index is 1.86. The first-order chi connectivity index (χ1) is 8.64. The van der Waals surface area contributed by atoms with Crippen LogP contribution in [-0.4, -0.2) is 47.0 Å². The molecule has 1 saturated heterocycles. The highest BCUT2D eigenvalue weighted by atomic mass is 16.2. The minimum absolute atomic E-state index is 0.188. The monoisotopic (exact) mass is 248 g/mol. The predicted molar refractivity (Wildman–Crippen MR) is 69.0 cm³/mol. The van der Waals surface area contributed by atoms with Gasteiger partial charge in [0.15, 0.2) is 0 Å². The van der Waals surface area contributed by atoms with Gasteiger partial charge in [0, 0.05) is 32.7 Å². The lowest BCUT2D eigenvalue weighted by Crippen LogP contribution is -2.65. The van der Waals surface area contributed by atoms with Crippen molar-refractivity contribution in [1.29, 1.82) is 0 Å². The van der Waals surface area contributed by atoms with E-state index >= 15 is 0 Å². The van der Waals surface area contributed by atoms with E-state index in [9.17, 15) is 4.79 Å². The van der Waals surface area contributed by atoms with Crippen molar-refractivity contribution in [2.75, 3.05) is 20.6 Å². The third-order valence-corrected chi connectivity index (χ3v) is 3.48. The Hall–Kier alpha value is -1.49. The van der Waals surface area contributed by atoms with Crippen LogP contribution in [0.5, 0.6) is 0 Å². The summed E-state index contributed by atoms with van der Waals surface area (Å²) in [7, 11) is 3.62. The molecule has 0 radical (unpaired) electrons. The highest BCUT2D eigenvalue weighted by molar-refractivity contribution is 5.87. The number of hydrogen-bond acceptors (Lipinski definition) is 4. The Bertz CT molecular complexity index is 401. The molecule has 18 heavy (non-hydrogen) atoms. The summed E-state index contributed by atoms with van der Waals surface area (Å²) in [5.41, 5.74) is 0.662. The van der Waals surface area contributed by atoms with Crippen LogP contribution in [0.1, 0.15) is 25.0 Å². The van der Waals surface area contributed by atoms with Gasteiger partial charge in [-0.25, -0.2) is 0 Å². The number of likely N-dealkylation sites (N-methyl/N-ethyl adjacent to an activating group) is 1. The third kappa shape index (κ3) is 2.67. The van der Waals surface area contributed by atoms with Crippen molar-refractivity contribution in [3.8, 4) is 0 Å². The van der Waals surface area contributed by atoms with E-state index in [0.29, 0.717) is 0 Å². The first-order valence-corrected chi connectivity index (χ1v) is 6.36. The van der Waals surface area contributed by atoms with Crippen LogP contribution in [0.3, 0.4) is 0 Å². The Labute approximate surface area is 108 Å². The molecule has 0 aliphatic carbocycles. The molecule has 0 unspecified atom stereocenters. The molecule has 1 aromatic heterocycles. The van der Waals surface area contributed by atoms with Crippen molar-refractivity contribution in [2.45, 2.75) is 31.2 Å². The van der Waals surface area contributed by atoms with Crippen LogP contribution in [0.4, 0.5) is 0 Å². The van der Waals surface area contributed by atoms with Gasteiger partial charge in [-0.2, -0.15) is 0 Å². The number of carbonyl (C=O) groups is 1. The number of rotatable bonds is 5. The first kappa shape index (κ1) is 13.0. The molecule has 1 fully saturated rings. The number of aromatic nitrogens is 2. The molecular weight excluding hydrogens is 228 g/mol. The molecule has 1 aliphatic heterocycles. The number of aryl methyl sites for hydroxylation is 1. The molecule has 5 nitrogen and oxygen atoms in total. The highest BCUT2D eigenvalue weighted by Crippen LogP contribution is 2.27. The van der Waals surface area contributed by atoms with Crippen LogP contribution in [0.25, 0.3) is 0 Å². The van der Waals surface area contributed by atoms with Gasteiger partial charge in [-0.15, -0.1) is 0 Å². The van der Waals surface area contributed by atoms with Crippen molar-refractivity contribution in [1.82, 2.24) is 20.2 Å².